The minimum absolute atomic E-state index is 0.0768. The lowest BCUT2D eigenvalue weighted by atomic mass is 10.1. The van der Waals surface area contributed by atoms with Gasteiger partial charge in [-0.1, -0.05) is 236 Å². The molecule has 0 saturated heterocycles. The molecule has 0 bridgehead atoms. The molecule has 0 radical (unpaired) electrons. The Morgan fingerprint density at radius 1 is 0.344 bits per heavy atom. The van der Waals surface area contributed by atoms with Crippen LogP contribution in [0.5, 0.6) is 0 Å². The van der Waals surface area contributed by atoms with E-state index in [-0.39, 0.29) is 25.2 Å². The second-order valence-corrected chi connectivity index (χ2v) is 18.5. The number of unbranched alkanes of at least 4 members (excludes halogenated alkanes) is 30. The lowest BCUT2D eigenvalue weighted by molar-refractivity contribution is -0.163. The number of ether oxygens (including phenoxy) is 3. The van der Waals surface area contributed by atoms with Gasteiger partial charge in [-0.2, -0.15) is 0 Å². The van der Waals surface area contributed by atoms with E-state index in [1.54, 1.807) is 0 Å². The summed E-state index contributed by atoms with van der Waals surface area (Å²) in [5.74, 6) is -0.410. The number of esters is 2. The van der Waals surface area contributed by atoms with Gasteiger partial charge in [-0.05, 0) is 89.9 Å². The molecule has 0 heterocycles. The van der Waals surface area contributed by atoms with Gasteiger partial charge in [-0.3, -0.25) is 9.59 Å². The fourth-order valence-electron chi connectivity index (χ4n) is 7.84. The summed E-state index contributed by atoms with van der Waals surface area (Å²) in [5.41, 5.74) is 0. The Morgan fingerprint density at radius 3 is 1.08 bits per heavy atom. The predicted octanol–water partition coefficient (Wildman–Crippen LogP) is 18.9. The summed E-state index contributed by atoms with van der Waals surface area (Å²) < 4.78 is 17.4. The molecule has 0 aliphatic carbocycles. The van der Waals surface area contributed by atoms with Gasteiger partial charge < -0.3 is 14.2 Å². The number of hydrogen-bond acceptors (Lipinski definition) is 5. The summed E-state index contributed by atoms with van der Waals surface area (Å²) in [6, 6.07) is 0. The zero-order valence-electron chi connectivity index (χ0n) is 42.8. The van der Waals surface area contributed by atoms with Crippen molar-refractivity contribution in [3.63, 3.8) is 0 Å². The molecule has 5 nitrogen and oxygen atoms in total. The van der Waals surface area contributed by atoms with Crippen molar-refractivity contribution in [2.45, 2.75) is 284 Å². The minimum Gasteiger partial charge on any atom is -0.462 e. The number of carbonyl (C=O) groups excluding carboxylic acids is 2. The van der Waals surface area contributed by atoms with Crippen molar-refractivity contribution < 1.29 is 23.8 Å². The summed E-state index contributed by atoms with van der Waals surface area (Å²) in [4.78, 5) is 25.5. The first-order chi connectivity index (χ1) is 31.6. The SMILES string of the molecule is CCCCC/C=C\C/C=C\C/C=C\CCCCCCCCC(=O)OCC(COCCCCCCCCCCCCCC)OC(=O)CCCCCCCCC/C=C\C/C=C\CCCCC. The van der Waals surface area contributed by atoms with Crippen molar-refractivity contribution in [2.24, 2.45) is 0 Å². The third kappa shape index (κ3) is 52.2. The molecule has 0 aromatic carbocycles. The van der Waals surface area contributed by atoms with Crippen molar-refractivity contribution in [3.8, 4) is 0 Å². The average molecular weight is 895 g/mol. The summed E-state index contributed by atoms with van der Waals surface area (Å²) in [6.07, 6.45) is 69.4. The molecule has 0 spiro atoms. The van der Waals surface area contributed by atoms with E-state index in [2.05, 4.69) is 81.5 Å². The molecular weight excluding hydrogens is 789 g/mol. The van der Waals surface area contributed by atoms with Crippen LogP contribution in [0.4, 0.5) is 0 Å². The average Bonchev–Trinajstić information content (AvgIpc) is 3.30. The largest absolute Gasteiger partial charge is 0.462 e. The second-order valence-electron chi connectivity index (χ2n) is 18.5. The van der Waals surface area contributed by atoms with E-state index in [1.165, 1.54) is 167 Å². The number of allylic oxidation sites excluding steroid dienone is 10. The van der Waals surface area contributed by atoms with Gasteiger partial charge in [0.25, 0.3) is 0 Å². The van der Waals surface area contributed by atoms with E-state index in [4.69, 9.17) is 14.2 Å². The molecule has 64 heavy (non-hydrogen) atoms. The van der Waals surface area contributed by atoms with E-state index in [1.807, 2.05) is 0 Å². The normalized spacial score (nSPS) is 12.6. The summed E-state index contributed by atoms with van der Waals surface area (Å²) in [5, 5.41) is 0. The zero-order valence-corrected chi connectivity index (χ0v) is 42.8. The molecule has 0 aliphatic rings. The smallest absolute Gasteiger partial charge is 0.306 e. The van der Waals surface area contributed by atoms with Crippen LogP contribution < -0.4 is 0 Å². The zero-order chi connectivity index (χ0) is 46.3. The summed E-state index contributed by atoms with van der Waals surface area (Å²) >= 11 is 0. The van der Waals surface area contributed by atoms with Crippen LogP contribution in [-0.4, -0.2) is 37.9 Å². The fourth-order valence-corrected chi connectivity index (χ4v) is 7.84. The molecule has 0 aromatic rings. The van der Waals surface area contributed by atoms with E-state index in [0.29, 0.717) is 19.4 Å². The van der Waals surface area contributed by atoms with Crippen LogP contribution in [-0.2, 0) is 23.8 Å². The Balaban J connectivity index is 4.27. The van der Waals surface area contributed by atoms with Crippen LogP contribution >= 0.6 is 0 Å². The van der Waals surface area contributed by atoms with Crippen molar-refractivity contribution in [3.05, 3.63) is 60.8 Å². The molecule has 0 fully saturated rings. The predicted molar refractivity (Wildman–Crippen MR) is 279 cm³/mol. The Bertz CT molecular complexity index is 1100. The fraction of sp³-hybridized carbons (Fsp3) is 0.797. The number of carbonyl (C=O) groups is 2. The molecule has 0 rings (SSSR count). The third-order valence-corrected chi connectivity index (χ3v) is 12.0. The van der Waals surface area contributed by atoms with Crippen LogP contribution in [0.2, 0.25) is 0 Å². The highest BCUT2D eigenvalue weighted by molar-refractivity contribution is 5.70. The summed E-state index contributed by atoms with van der Waals surface area (Å²) in [6.45, 7) is 7.79. The van der Waals surface area contributed by atoms with Gasteiger partial charge in [0, 0.05) is 19.4 Å². The monoisotopic (exact) mass is 895 g/mol. The Morgan fingerprint density at radius 2 is 0.656 bits per heavy atom. The second kappa shape index (κ2) is 54.9. The van der Waals surface area contributed by atoms with Crippen molar-refractivity contribution >= 4 is 11.9 Å². The van der Waals surface area contributed by atoms with Crippen LogP contribution in [0.3, 0.4) is 0 Å². The molecule has 372 valence electrons. The maximum atomic E-state index is 12.8. The molecule has 0 aromatic heterocycles. The van der Waals surface area contributed by atoms with Gasteiger partial charge in [0.05, 0.1) is 6.61 Å². The highest BCUT2D eigenvalue weighted by Crippen LogP contribution is 2.15. The van der Waals surface area contributed by atoms with Crippen molar-refractivity contribution in [1.29, 1.82) is 0 Å². The highest BCUT2D eigenvalue weighted by atomic mass is 16.6. The van der Waals surface area contributed by atoms with Crippen LogP contribution in [0, 0.1) is 0 Å². The number of rotatable bonds is 51. The lowest BCUT2D eigenvalue weighted by Crippen LogP contribution is -2.30. The molecule has 0 amide bonds. The standard InChI is InChI=1S/C59H106O5/c1-4-7-10-13-16-19-22-25-27-29-30-32-33-35-37-40-43-46-49-52-58(60)63-56-57(55-62-54-51-48-45-42-39-24-21-18-15-12-9-6-3)64-59(61)53-50-47-44-41-38-36-34-31-28-26-23-20-17-14-11-8-5-2/h16-17,19-20,25-28,30,32,57H,4-15,18,21-24,29,31,33-56H2,1-3H3/b19-16-,20-17-,27-25-,28-26-,32-30-. The van der Waals surface area contributed by atoms with E-state index < -0.39 is 6.10 Å². The van der Waals surface area contributed by atoms with E-state index in [0.717, 1.165) is 77.0 Å². The molecular formula is C59H106O5. The van der Waals surface area contributed by atoms with Crippen molar-refractivity contribution in [1.82, 2.24) is 0 Å². The van der Waals surface area contributed by atoms with Gasteiger partial charge >= 0.3 is 11.9 Å². The maximum Gasteiger partial charge on any atom is 0.306 e. The molecule has 0 N–H and O–H groups in total. The van der Waals surface area contributed by atoms with Crippen LogP contribution in [0.1, 0.15) is 278 Å². The van der Waals surface area contributed by atoms with E-state index in [9.17, 15) is 9.59 Å². The molecule has 0 saturated carbocycles. The maximum absolute atomic E-state index is 12.8. The van der Waals surface area contributed by atoms with E-state index >= 15 is 0 Å². The topological polar surface area (TPSA) is 61.8 Å². The van der Waals surface area contributed by atoms with Gasteiger partial charge in [0.15, 0.2) is 6.10 Å². The number of hydrogen-bond donors (Lipinski definition) is 0. The third-order valence-electron chi connectivity index (χ3n) is 12.0. The minimum atomic E-state index is -0.544. The molecule has 0 aliphatic heterocycles. The van der Waals surface area contributed by atoms with Crippen LogP contribution in [0.25, 0.3) is 0 Å². The van der Waals surface area contributed by atoms with Crippen LogP contribution in [0.15, 0.2) is 60.8 Å². The van der Waals surface area contributed by atoms with Gasteiger partial charge in [0.1, 0.15) is 6.61 Å². The summed E-state index contributed by atoms with van der Waals surface area (Å²) in [7, 11) is 0. The highest BCUT2D eigenvalue weighted by Gasteiger charge is 2.17. The van der Waals surface area contributed by atoms with Crippen molar-refractivity contribution in [2.75, 3.05) is 19.8 Å². The quantitative estimate of drug-likeness (QED) is 0.0346. The van der Waals surface area contributed by atoms with Gasteiger partial charge in [-0.15, -0.1) is 0 Å². The first-order valence-electron chi connectivity index (χ1n) is 27.8. The van der Waals surface area contributed by atoms with Gasteiger partial charge in [0.2, 0.25) is 0 Å². The lowest BCUT2D eigenvalue weighted by Gasteiger charge is -2.18. The molecule has 5 heteroatoms. The Kier molecular flexibility index (Phi) is 52.9. The van der Waals surface area contributed by atoms with Gasteiger partial charge in [-0.25, -0.2) is 0 Å². The molecule has 1 unspecified atom stereocenters. The Labute approximate surface area is 398 Å². The Hall–Kier alpha value is -2.40. The first-order valence-corrected chi connectivity index (χ1v) is 27.8. The first kappa shape index (κ1) is 61.6. The molecule has 1 atom stereocenters.